The summed E-state index contributed by atoms with van der Waals surface area (Å²) in [5, 5.41) is 0. The van der Waals surface area contributed by atoms with E-state index in [4.69, 9.17) is 9.47 Å². The molecular formula is C22H25NO3S. The number of ether oxygens (including phenoxy) is 2. The molecule has 0 spiro atoms. The van der Waals surface area contributed by atoms with Gasteiger partial charge in [-0.3, -0.25) is 9.69 Å². The van der Waals surface area contributed by atoms with Gasteiger partial charge in [0.25, 0.3) is 0 Å². The van der Waals surface area contributed by atoms with E-state index in [1.807, 2.05) is 30.0 Å². The number of allylic oxidation sites excluding steroid dienone is 1. The third kappa shape index (κ3) is 5.37. The summed E-state index contributed by atoms with van der Waals surface area (Å²) in [4.78, 5) is 14.8. The maximum atomic E-state index is 12.4. The van der Waals surface area contributed by atoms with Crippen LogP contribution in [0.5, 0.6) is 11.5 Å². The summed E-state index contributed by atoms with van der Waals surface area (Å²) < 4.78 is 10.7. The number of carbonyl (C=O) groups excluding carboxylic acids is 1. The van der Waals surface area contributed by atoms with Crippen LogP contribution in [-0.2, 0) is 6.54 Å². The van der Waals surface area contributed by atoms with Crippen molar-refractivity contribution in [3.05, 3.63) is 65.2 Å². The van der Waals surface area contributed by atoms with Crippen molar-refractivity contribution in [2.75, 3.05) is 38.8 Å². The molecule has 1 heterocycles. The van der Waals surface area contributed by atoms with Gasteiger partial charge in [-0.15, -0.1) is 0 Å². The fourth-order valence-corrected chi connectivity index (χ4v) is 4.03. The van der Waals surface area contributed by atoms with Crippen molar-refractivity contribution in [2.45, 2.75) is 6.54 Å². The number of methoxy groups -OCH3 is 2. The van der Waals surface area contributed by atoms with Gasteiger partial charge in [0, 0.05) is 42.3 Å². The van der Waals surface area contributed by atoms with Crippen molar-refractivity contribution in [3.8, 4) is 11.5 Å². The van der Waals surface area contributed by atoms with E-state index in [2.05, 4.69) is 11.0 Å². The lowest BCUT2D eigenvalue weighted by molar-refractivity contribution is 0.104. The van der Waals surface area contributed by atoms with Crippen LogP contribution in [0.3, 0.4) is 0 Å². The molecule has 1 fully saturated rings. The fourth-order valence-electron chi connectivity index (χ4n) is 3.05. The molecule has 4 nitrogen and oxygen atoms in total. The molecule has 0 aromatic heterocycles. The Morgan fingerprint density at radius 1 is 1.07 bits per heavy atom. The van der Waals surface area contributed by atoms with Gasteiger partial charge in [0.15, 0.2) is 5.78 Å². The number of benzene rings is 2. The summed E-state index contributed by atoms with van der Waals surface area (Å²) in [7, 11) is 3.31. The molecule has 2 aromatic carbocycles. The van der Waals surface area contributed by atoms with Crippen molar-refractivity contribution in [1.82, 2.24) is 4.90 Å². The summed E-state index contributed by atoms with van der Waals surface area (Å²) >= 11 is 2.00. The van der Waals surface area contributed by atoms with Gasteiger partial charge in [0.2, 0.25) is 0 Å². The second-order valence-corrected chi connectivity index (χ2v) is 7.61. The summed E-state index contributed by atoms with van der Waals surface area (Å²) in [6, 6.07) is 13.2. The molecule has 0 atom stereocenters. The van der Waals surface area contributed by atoms with E-state index in [0.29, 0.717) is 5.56 Å². The van der Waals surface area contributed by atoms with E-state index >= 15 is 0 Å². The Morgan fingerprint density at radius 3 is 2.48 bits per heavy atom. The molecular weight excluding hydrogens is 358 g/mol. The molecule has 0 amide bonds. The zero-order valence-corrected chi connectivity index (χ0v) is 16.6. The van der Waals surface area contributed by atoms with Gasteiger partial charge >= 0.3 is 0 Å². The van der Waals surface area contributed by atoms with E-state index in [-0.39, 0.29) is 5.78 Å². The second-order valence-electron chi connectivity index (χ2n) is 6.39. The van der Waals surface area contributed by atoms with Gasteiger partial charge in [-0.05, 0) is 48.0 Å². The van der Waals surface area contributed by atoms with Crippen LogP contribution in [0.1, 0.15) is 21.5 Å². The Hall–Kier alpha value is -2.24. The summed E-state index contributed by atoms with van der Waals surface area (Å²) in [6.45, 7) is 3.07. The van der Waals surface area contributed by atoms with Crippen LogP contribution in [0, 0.1) is 0 Å². The van der Waals surface area contributed by atoms with E-state index < -0.39 is 0 Å². The van der Waals surface area contributed by atoms with E-state index in [0.717, 1.165) is 42.3 Å². The predicted octanol–water partition coefficient (Wildman–Crippen LogP) is 4.15. The summed E-state index contributed by atoms with van der Waals surface area (Å²) in [5.41, 5.74) is 2.80. The van der Waals surface area contributed by atoms with Crippen molar-refractivity contribution in [3.63, 3.8) is 0 Å². The Balaban J connectivity index is 1.72. The SMILES string of the molecule is COc1ccc(C(=O)/C=C/c2ccc(OC)c(CN3CCSCC3)c2)cc1. The Labute approximate surface area is 165 Å². The minimum Gasteiger partial charge on any atom is -0.497 e. The lowest BCUT2D eigenvalue weighted by atomic mass is 10.1. The molecule has 3 rings (SSSR count). The Kier molecular flexibility index (Phi) is 6.96. The zero-order valence-electron chi connectivity index (χ0n) is 15.8. The maximum absolute atomic E-state index is 12.4. The number of hydrogen-bond donors (Lipinski definition) is 0. The number of nitrogens with zero attached hydrogens (tertiary/aromatic N) is 1. The molecule has 27 heavy (non-hydrogen) atoms. The average molecular weight is 384 g/mol. The largest absolute Gasteiger partial charge is 0.497 e. The first-order chi connectivity index (χ1) is 13.2. The second kappa shape index (κ2) is 9.62. The van der Waals surface area contributed by atoms with Gasteiger partial charge in [0.05, 0.1) is 14.2 Å². The third-order valence-electron chi connectivity index (χ3n) is 4.60. The average Bonchev–Trinajstić information content (AvgIpc) is 2.73. The molecule has 2 aromatic rings. The molecule has 0 saturated carbocycles. The summed E-state index contributed by atoms with van der Waals surface area (Å²) in [5.74, 6) is 3.97. The van der Waals surface area contributed by atoms with Crippen LogP contribution < -0.4 is 9.47 Å². The van der Waals surface area contributed by atoms with Crippen molar-refractivity contribution >= 4 is 23.6 Å². The third-order valence-corrected chi connectivity index (χ3v) is 5.55. The van der Waals surface area contributed by atoms with Crippen molar-refractivity contribution in [2.24, 2.45) is 0 Å². The summed E-state index contributed by atoms with van der Waals surface area (Å²) in [6.07, 6.45) is 3.48. The van der Waals surface area contributed by atoms with E-state index in [1.54, 1.807) is 44.6 Å². The lowest BCUT2D eigenvalue weighted by Crippen LogP contribution is -2.32. The molecule has 5 heteroatoms. The van der Waals surface area contributed by atoms with Gasteiger partial charge in [0.1, 0.15) is 11.5 Å². The van der Waals surface area contributed by atoms with Gasteiger partial charge in [-0.2, -0.15) is 11.8 Å². The first-order valence-electron chi connectivity index (χ1n) is 9.03. The highest BCUT2D eigenvalue weighted by atomic mass is 32.2. The molecule has 1 aliphatic rings. The molecule has 0 unspecified atom stereocenters. The highest BCUT2D eigenvalue weighted by Crippen LogP contribution is 2.24. The van der Waals surface area contributed by atoms with Gasteiger partial charge < -0.3 is 9.47 Å². The number of carbonyl (C=O) groups is 1. The first-order valence-corrected chi connectivity index (χ1v) is 10.2. The topological polar surface area (TPSA) is 38.8 Å². The van der Waals surface area contributed by atoms with Crippen molar-refractivity contribution < 1.29 is 14.3 Å². The molecule has 0 bridgehead atoms. The highest BCUT2D eigenvalue weighted by molar-refractivity contribution is 7.99. The molecule has 0 N–H and O–H groups in total. The molecule has 0 aliphatic carbocycles. The van der Waals surface area contributed by atoms with Crippen LogP contribution in [-0.4, -0.2) is 49.5 Å². The Bertz CT molecular complexity index is 796. The van der Waals surface area contributed by atoms with Crippen LogP contribution >= 0.6 is 11.8 Å². The lowest BCUT2D eigenvalue weighted by Gasteiger charge is -2.26. The molecule has 1 saturated heterocycles. The number of ketones is 1. The first kappa shape index (κ1) is 19.5. The number of thioether (sulfide) groups is 1. The quantitative estimate of drug-likeness (QED) is 0.531. The minimum absolute atomic E-state index is 0.0249. The van der Waals surface area contributed by atoms with E-state index in [9.17, 15) is 4.79 Å². The smallest absolute Gasteiger partial charge is 0.185 e. The van der Waals surface area contributed by atoms with Crippen LogP contribution in [0.25, 0.3) is 6.08 Å². The monoisotopic (exact) mass is 383 g/mol. The minimum atomic E-state index is -0.0249. The highest BCUT2D eigenvalue weighted by Gasteiger charge is 2.13. The Morgan fingerprint density at radius 2 is 1.81 bits per heavy atom. The van der Waals surface area contributed by atoms with Gasteiger partial charge in [-0.25, -0.2) is 0 Å². The van der Waals surface area contributed by atoms with Crippen LogP contribution in [0.2, 0.25) is 0 Å². The normalized spacial score (nSPS) is 15.0. The number of hydrogen-bond acceptors (Lipinski definition) is 5. The zero-order chi connectivity index (χ0) is 19.1. The maximum Gasteiger partial charge on any atom is 0.185 e. The molecule has 1 aliphatic heterocycles. The van der Waals surface area contributed by atoms with Gasteiger partial charge in [-0.1, -0.05) is 12.1 Å². The molecule has 142 valence electrons. The van der Waals surface area contributed by atoms with Crippen molar-refractivity contribution in [1.29, 1.82) is 0 Å². The van der Waals surface area contributed by atoms with E-state index in [1.165, 1.54) is 11.5 Å². The van der Waals surface area contributed by atoms with Crippen LogP contribution in [0.4, 0.5) is 0 Å². The number of rotatable bonds is 7. The fraction of sp³-hybridized carbons (Fsp3) is 0.318. The van der Waals surface area contributed by atoms with Crippen LogP contribution in [0.15, 0.2) is 48.5 Å². The predicted molar refractivity (Wildman–Crippen MR) is 112 cm³/mol. The standard InChI is InChI=1S/C22H25NO3S/c1-25-20-7-5-18(6-8-20)21(24)9-3-17-4-10-22(26-2)19(15-17)16-23-11-13-27-14-12-23/h3-10,15H,11-14,16H2,1-2H3/b9-3+. The molecule has 0 radical (unpaired) electrons.